The van der Waals surface area contributed by atoms with Gasteiger partial charge in [0.1, 0.15) is 6.07 Å². The number of benzene rings is 2. The van der Waals surface area contributed by atoms with Crippen molar-refractivity contribution < 1.29 is 22.0 Å². The van der Waals surface area contributed by atoms with Gasteiger partial charge in [0.05, 0.1) is 17.1 Å². The molecule has 2 rings (SSSR count). The summed E-state index contributed by atoms with van der Waals surface area (Å²) in [5.74, 6) is 0. The van der Waals surface area contributed by atoms with Crippen LogP contribution in [0.2, 0.25) is 5.02 Å². The molecular formula is C21H26ClN2O5PS. The predicted octanol–water partition coefficient (Wildman–Crippen LogP) is 5.35. The van der Waals surface area contributed by atoms with Crippen LogP contribution < -0.4 is 4.72 Å². The molecule has 0 aliphatic heterocycles. The minimum atomic E-state index is -4.43. The quantitative estimate of drug-likeness (QED) is 0.481. The van der Waals surface area contributed by atoms with Crippen molar-refractivity contribution in [3.8, 4) is 6.07 Å². The van der Waals surface area contributed by atoms with Gasteiger partial charge in [0.25, 0.3) is 0 Å². The van der Waals surface area contributed by atoms with Crippen molar-refractivity contribution in [2.24, 2.45) is 0 Å². The fourth-order valence-corrected chi connectivity index (χ4v) is 6.98. The standard InChI is InChI=1S/C21H26ClN2O5PS/c1-15(2)28-30(25,29-16(3)4)21(14-23,18-8-10-19(22)11-9-18)24-31(26,27)20-12-6-17(5)7-13-20/h6-13,15-16,24H,1-5H3/t21-/m1/s1. The second kappa shape index (κ2) is 9.83. The first-order valence-electron chi connectivity index (χ1n) is 9.60. The van der Waals surface area contributed by atoms with E-state index < -0.39 is 35.1 Å². The molecule has 0 spiro atoms. The van der Waals surface area contributed by atoms with Crippen LogP contribution in [0.5, 0.6) is 0 Å². The second-order valence-electron chi connectivity index (χ2n) is 7.55. The summed E-state index contributed by atoms with van der Waals surface area (Å²) in [5, 5.41) is 8.28. The summed E-state index contributed by atoms with van der Waals surface area (Å²) in [6.45, 7) is 8.30. The third kappa shape index (κ3) is 5.75. The summed E-state index contributed by atoms with van der Waals surface area (Å²) >= 11 is 5.98. The van der Waals surface area contributed by atoms with E-state index in [0.717, 1.165) is 5.56 Å². The summed E-state index contributed by atoms with van der Waals surface area (Å²) in [5.41, 5.74) is 0.944. The molecule has 1 N–H and O–H groups in total. The van der Waals surface area contributed by atoms with Crippen molar-refractivity contribution in [2.45, 2.75) is 57.0 Å². The van der Waals surface area contributed by atoms with E-state index in [9.17, 15) is 18.2 Å². The molecular weight excluding hydrogens is 459 g/mol. The Morgan fingerprint density at radius 1 is 1.00 bits per heavy atom. The Labute approximate surface area is 188 Å². The van der Waals surface area contributed by atoms with Crippen LogP contribution in [0.1, 0.15) is 38.8 Å². The van der Waals surface area contributed by atoms with Gasteiger partial charge in [0.15, 0.2) is 0 Å². The lowest BCUT2D eigenvalue weighted by molar-refractivity contribution is 0.129. The van der Waals surface area contributed by atoms with Crippen LogP contribution in [0.3, 0.4) is 0 Å². The second-order valence-corrected chi connectivity index (χ2v) is 11.8. The minimum absolute atomic E-state index is 0.0831. The van der Waals surface area contributed by atoms with E-state index in [1.54, 1.807) is 39.8 Å². The molecule has 1 atom stereocenters. The van der Waals surface area contributed by atoms with E-state index in [2.05, 4.69) is 4.72 Å². The molecule has 10 heteroatoms. The summed E-state index contributed by atoms with van der Waals surface area (Å²) in [6.07, 6.45) is -1.23. The highest BCUT2D eigenvalue weighted by Crippen LogP contribution is 2.65. The number of hydrogen-bond acceptors (Lipinski definition) is 6. The Balaban J connectivity index is 2.77. The predicted molar refractivity (Wildman–Crippen MR) is 120 cm³/mol. The first-order chi connectivity index (χ1) is 14.3. The maximum Gasteiger partial charge on any atom is 0.371 e. The van der Waals surface area contributed by atoms with Crippen LogP contribution >= 0.6 is 19.2 Å². The van der Waals surface area contributed by atoms with Gasteiger partial charge in [0.2, 0.25) is 15.3 Å². The third-order valence-corrected chi connectivity index (χ3v) is 8.71. The zero-order valence-electron chi connectivity index (χ0n) is 18.0. The molecule has 0 aliphatic rings. The molecule has 168 valence electrons. The number of aryl methyl sites for hydroxylation is 1. The van der Waals surface area contributed by atoms with Crippen molar-refractivity contribution in [3.05, 3.63) is 64.7 Å². The molecule has 0 aliphatic carbocycles. The molecule has 0 heterocycles. The SMILES string of the molecule is Cc1ccc(S(=O)(=O)N[C@@](C#N)(c2ccc(Cl)cc2)P(=O)(OC(C)C)OC(C)C)cc1. The van der Waals surface area contributed by atoms with Crippen molar-refractivity contribution >= 4 is 29.2 Å². The Bertz CT molecular complexity index is 1080. The van der Waals surface area contributed by atoms with Gasteiger partial charge in [-0.2, -0.15) is 9.98 Å². The van der Waals surface area contributed by atoms with Crippen LogP contribution in [0.25, 0.3) is 0 Å². The number of nitrogens with zero attached hydrogens (tertiary/aromatic N) is 1. The van der Waals surface area contributed by atoms with Gasteiger partial charge in [-0.3, -0.25) is 4.57 Å². The molecule has 0 aromatic heterocycles. The van der Waals surface area contributed by atoms with Crippen molar-refractivity contribution in [1.29, 1.82) is 5.26 Å². The molecule has 0 fully saturated rings. The van der Waals surface area contributed by atoms with Crippen LogP contribution in [-0.2, 0) is 28.9 Å². The zero-order valence-corrected chi connectivity index (χ0v) is 20.5. The van der Waals surface area contributed by atoms with Gasteiger partial charge in [-0.1, -0.05) is 41.4 Å². The summed E-state index contributed by atoms with van der Waals surface area (Å²) in [7, 11) is -8.73. The number of sulfonamides is 1. The largest absolute Gasteiger partial charge is 0.371 e. The fraction of sp³-hybridized carbons (Fsp3) is 0.381. The van der Waals surface area contributed by atoms with Crippen molar-refractivity contribution in [1.82, 2.24) is 4.72 Å². The average Bonchev–Trinajstić information content (AvgIpc) is 2.65. The smallest absolute Gasteiger partial charge is 0.304 e. The van der Waals surface area contributed by atoms with E-state index in [-0.39, 0.29) is 10.5 Å². The fourth-order valence-electron chi connectivity index (χ4n) is 2.82. The Morgan fingerprint density at radius 2 is 1.48 bits per heavy atom. The molecule has 0 unspecified atom stereocenters. The van der Waals surface area contributed by atoms with Crippen LogP contribution in [0.4, 0.5) is 0 Å². The van der Waals surface area contributed by atoms with E-state index in [0.29, 0.717) is 5.02 Å². The number of halogens is 1. The highest BCUT2D eigenvalue weighted by Gasteiger charge is 2.57. The van der Waals surface area contributed by atoms with Gasteiger partial charge in [0, 0.05) is 5.02 Å². The van der Waals surface area contributed by atoms with Crippen molar-refractivity contribution in [3.63, 3.8) is 0 Å². The highest BCUT2D eigenvalue weighted by molar-refractivity contribution is 7.90. The topological polar surface area (TPSA) is 105 Å². The number of nitrogens with one attached hydrogen (secondary N) is 1. The van der Waals surface area contributed by atoms with E-state index >= 15 is 0 Å². The van der Waals surface area contributed by atoms with E-state index in [1.165, 1.54) is 36.4 Å². The minimum Gasteiger partial charge on any atom is -0.304 e. The number of nitriles is 1. The summed E-state index contributed by atoms with van der Waals surface area (Å²) < 4.78 is 54.2. The number of rotatable bonds is 9. The van der Waals surface area contributed by atoms with Crippen LogP contribution in [0, 0.1) is 18.3 Å². The van der Waals surface area contributed by atoms with Gasteiger partial charge < -0.3 is 9.05 Å². The van der Waals surface area contributed by atoms with Crippen molar-refractivity contribution in [2.75, 3.05) is 0 Å². The maximum atomic E-state index is 14.1. The molecule has 0 radical (unpaired) electrons. The Hall–Kier alpha value is -1.72. The normalized spacial score (nSPS) is 14.4. The third-order valence-electron chi connectivity index (χ3n) is 4.15. The molecule has 0 saturated carbocycles. The van der Waals surface area contributed by atoms with Crippen LogP contribution in [0.15, 0.2) is 53.4 Å². The first kappa shape index (κ1) is 25.5. The lowest BCUT2D eigenvalue weighted by Crippen LogP contribution is -2.46. The molecule has 2 aromatic rings. The first-order valence-corrected chi connectivity index (χ1v) is 13.0. The molecule has 0 bridgehead atoms. The van der Waals surface area contributed by atoms with Crippen LogP contribution in [-0.4, -0.2) is 20.6 Å². The molecule has 2 aromatic carbocycles. The maximum absolute atomic E-state index is 14.1. The number of hydrogen-bond donors (Lipinski definition) is 1. The van der Waals surface area contributed by atoms with Gasteiger partial charge in [-0.05, 0) is 64.4 Å². The summed E-state index contributed by atoms with van der Waals surface area (Å²) in [6, 6.07) is 13.7. The Morgan fingerprint density at radius 3 is 1.90 bits per heavy atom. The van der Waals surface area contributed by atoms with E-state index in [4.69, 9.17) is 20.6 Å². The lowest BCUT2D eigenvalue weighted by atomic mass is 10.1. The van der Waals surface area contributed by atoms with Gasteiger partial charge in [-0.25, -0.2) is 8.42 Å². The molecule has 31 heavy (non-hydrogen) atoms. The molecule has 7 nitrogen and oxygen atoms in total. The highest BCUT2D eigenvalue weighted by atomic mass is 35.5. The zero-order chi connectivity index (χ0) is 23.4. The Kier molecular flexibility index (Phi) is 8.10. The van der Waals surface area contributed by atoms with E-state index in [1.807, 2.05) is 13.0 Å². The molecule has 0 saturated heterocycles. The van der Waals surface area contributed by atoms with Gasteiger partial charge in [-0.15, -0.1) is 0 Å². The van der Waals surface area contributed by atoms with Gasteiger partial charge >= 0.3 is 7.60 Å². The molecule has 0 amide bonds. The monoisotopic (exact) mass is 484 g/mol. The lowest BCUT2D eigenvalue weighted by Gasteiger charge is -2.36. The summed E-state index contributed by atoms with van der Waals surface area (Å²) in [4.78, 5) is -0.0904. The average molecular weight is 485 g/mol.